The summed E-state index contributed by atoms with van der Waals surface area (Å²) in [5, 5.41) is 12.0. The van der Waals surface area contributed by atoms with E-state index in [1.165, 1.54) is 24.8 Å². The van der Waals surface area contributed by atoms with Crippen LogP contribution >= 0.6 is 0 Å². The van der Waals surface area contributed by atoms with Crippen LogP contribution in [0.25, 0.3) is 11.3 Å². The second kappa shape index (κ2) is 10.2. The van der Waals surface area contributed by atoms with E-state index in [0.29, 0.717) is 12.4 Å². The molecule has 34 heavy (non-hydrogen) atoms. The van der Waals surface area contributed by atoms with Gasteiger partial charge in [0.15, 0.2) is 5.82 Å². The zero-order valence-electron chi connectivity index (χ0n) is 19.7. The number of nitrogens with one attached hydrogen (secondary N) is 1. The van der Waals surface area contributed by atoms with E-state index in [-0.39, 0.29) is 11.8 Å². The Kier molecular flexibility index (Phi) is 6.65. The number of aryl methyl sites for hydroxylation is 1. The maximum atomic E-state index is 13.1. The predicted molar refractivity (Wildman–Crippen MR) is 134 cm³/mol. The first-order chi connectivity index (χ1) is 16.7. The van der Waals surface area contributed by atoms with Gasteiger partial charge in [0.25, 0.3) is 0 Å². The van der Waals surface area contributed by atoms with E-state index in [4.69, 9.17) is 0 Å². The normalized spacial score (nSPS) is 18.6. The summed E-state index contributed by atoms with van der Waals surface area (Å²) in [6.07, 6.45) is 6.95. The smallest absolute Gasteiger partial charge is 0.230 e. The molecule has 8 nitrogen and oxygen atoms in total. The van der Waals surface area contributed by atoms with Gasteiger partial charge in [-0.25, -0.2) is 9.97 Å². The van der Waals surface area contributed by atoms with Gasteiger partial charge in [-0.05, 0) is 56.7 Å². The molecule has 1 N–H and O–H groups in total. The highest BCUT2D eigenvalue weighted by atomic mass is 16.2. The van der Waals surface area contributed by atoms with Gasteiger partial charge in [0.2, 0.25) is 5.91 Å². The highest BCUT2D eigenvalue weighted by Gasteiger charge is 2.27. The fourth-order valence-electron chi connectivity index (χ4n) is 4.84. The molecule has 0 aliphatic carbocycles. The predicted octanol–water partition coefficient (Wildman–Crippen LogP) is 4.09. The molecule has 2 fully saturated rings. The number of hydrogen-bond acceptors (Lipinski definition) is 7. The molecule has 176 valence electrons. The van der Waals surface area contributed by atoms with Gasteiger partial charge in [0, 0.05) is 37.8 Å². The maximum Gasteiger partial charge on any atom is 0.230 e. The summed E-state index contributed by atoms with van der Waals surface area (Å²) in [4.78, 5) is 26.2. The lowest BCUT2D eigenvalue weighted by molar-refractivity contribution is -0.120. The molecular weight excluding hydrogens is 426 g/mol. The lowest BCUT2D eigenvalue weighted by Gasteiger charge is -2.32. The Morgan fingerprint density at radius 2 is 1.74 bits per heavy atom. The van der Waals surface area contributed by atoms with Crippen LogP contribution < -0.4 is 15.1 Å². The van der Waals surface area contributed by atoms with E-state index < -0.39 is 0 Å². The number of amides is 1. The number of nitrogens with zero attached hydrogens (tertiary/aromatic N) is 6. The highest BCUT2D eigenvalue weighted by molar-refractivity contribution is 5.92. The molecule has 0 saturated carbocycles. The fraction of sp³-hybridized carbons (Fsp3) is 0.423. The standard InChI is InChI=1S/C26H31N7O/c1-19-8-3-4-10-21(19)22-11-12-24(31-30-22)33-15-7-9-20(17-33)26(34)29-23-16-25(28-18-27-23)32-13-5-2-6-14-32/h3-4,8,10-12,16,18,20H,2,5-7,9,13-15,17H2,1H3,(H,27,28,29,34). The van der Waals surface area contributed by atoms with Crippen molar-refractivity contribution >= 4 is 23.4 Å². The van der Waals surface area contributed by atoms with E-state index in [2.05, 4.69) is 54.3 Å². The topological polar surface area (TPSA) is 87.1 Å². The maximum absolute atomic E-state index is 13.1. The van der Waals surface area contributed by atoms with E-state index >= 15 is 0 Å². The van der Waals surface area contributed by atoms with Crippen molar-refractivity contribution in [1.82, 2.24) is 20.2 Å². The van der Waals surface area contributed by atoms with Crippen molar-refractivity contribution in [1.29, 1.82) is 0 Å². The number of anilines is 3. The van der Waals surface area contributed by atoms with Crippen LogP contribution in [0.1, 0.15) is 37.7 Å². The Hall–Kier alpha value is -3.55. The van der Waals surface area contributed by atoms with E-state index in [1.54, 1.807) is 6.33 Å². The second-order valence-corrected chi connectivity index (χ2v) is 9.18. The lowest BCUT2D eigenvalue weighted by atomic mass is 9.97. The van der Waals surface area contributed by atoms with Gasteiger partial charge in [-0.2, -0.15) is 0 Å². The SMILES string of the molecule is Cc1ccccc1-c1ccc(N2CCCC(C(=O)Nc3cc(N4CCCCC4)ncn3)C2)nn1. The average molecular weight is 458 g/mol. The zero-order valence-corrected chi connectivity index (χ0v) is 19.7. The van der Waals surface area contributed by atoms with Gasteiger partial charge in [0.05, 0.1) is 11.6 Å². The van der Waals surface area contributed by atoms with Crippen LogP contribution in [0.3, 0.4) is 0 Å². The minimum Gasteiger partial charge on any atom is -0.356 e. The van der Waals surface area contributed by atoms with Crippen LogP contribution in [-0.4, -0.2) is 52.3 Å². The Bertz CT molecular complexity index is 1130. The van der Waals surface area contributed by atoms with Crippen LogP contribution in [0.15, 0.2) is 48.8 Å². The molecule has 2 aliphatic rings. The Morgan fingerprint density at radius 3 is 2.53 bits per heavy atom. The summed E-state index contributed by atoms with van der Waals surface area (Å²) in [6, 6.07) is 14.1. The zero-order chi connectivity index (χ0) is 23.3. The number of benzene rings is 1. The number of hydrogen-bond donors (Lipinski definition) is 1. The monoisotopic (exact) mass is 457 g/mol. The van der Waals surface area contributed by atoms with Crippen LogP contribution in [0, 0.1) is 12.8 Å². The first-order valence-corrected chi connectivity index (χ1v) is 12.2. The molecule has 1 atom stereocenters. The molecule has 1 unspecified atom stereocenters. The van der Waals surface area contributed by atoms with Crippen LogP contribution in [0.4, 0.5) is 17.5 Å². The van der Waals surface area contributed by atoms with Crippen LogP contribution in [0.5, 0.6) is 0 Å². The fourth-order valence-corrected chi connectivity index (χ4v) is 4.84. The number of piperidine rings is 2. The van der Waals surface area contributed by atoms with E-state index in [9.17, 15) is 4.79 Å². The third-order valence-corrected chi connectivity index (χ3v) is 6.77. The summed E-state index contributed by atoms with van der Waals surface area (Å²) in [5.41, 5.74) is 3.13. The molecule has 2 saturated heterocycles. The van der Waals surface area contributed by atoms with Gasteiger partial charge in [0.1, 0.15) is 18.0 Å². The summed E-state index contributed by atoms with van der Waals surface area (Å²) in [5.74, 6) is 2.14. The van der Waals surface area contributed by atoms with Gasteiger partial charge >= 0.3 is 0 Å². The van der Waals surface area contributed by atoms with Gasteiger partial charge < -0.3 is 15.1 Å². The molecule has 4 heterocycles. The molecular formula is C26H31N7O. The molecule has 0 bridgehead atoms. The molecule has 0 spiro atoms. The molecule has 2 aliphatic heterocycles. The Morgan fingerprint density at radius 1 is 0.912 bits per heavy atom. The molecule has 3 aromatic rings. The minimum absolute atomic E-state index is 0.00233. The lowest BCUT2D eigenvalue weighted by Crippen LogP contribution is -2.41. The van der Waals surface area contributed by atoms with Crippen molar-refractivity contribution in [3.8, 4) is 11.3 Å². The number of rotatable bonds is 5. The quantitative estimate of drug-likeness (QED) is 0.617. The number of carbonyl (C=O) groups is 1. The molecule has 8 heteroatoms. The third-order valence-electron chi connectivity index (χ3n) is 6.77. The third kappa shape index (κ3) is 5.00. The average Bonchev–Trinajstić information content (AvgIpc) is 2.90. The summed E-state index contributed by atoms with van der Waals surface area (Å²) in [7, 11) is 0. The van der Waals surface area contributed by atoms with Crippen molar-refractivity contribution in [2.24, 2.45) is 5.92 Å². The van der Waals surface area contributed by atoms with E-state index in [1.807, 2.05) is 30.3 Å². The summed E-state index contributed by atoms with van der Waals surface area (Å²) >= 11 is 0. The van der Waals surface area contributed by atoms with Gasteiger partial charge in [-0.1, -0.05) is 24.3 Å². The van der Waals surface area contributed by atoms with Crippen molar-refractivity contribution in [2.45, 2.75) is 39.0 Å². The Labute approximate surface area is 200 Å². The Balaban J connectivity index is 1.23. The summed E-state index contributed by atoms with van der Waals surface area (Å²) < 4.78 is 0. The molecule has 2 aromatic heterocycles. The van der Waals surface area contributed by atoms with Gasteiger partial charge in [-0.15, -0.1) is 10.2 Å². The van der Waals surface area contributed by atoms with Gasteiger partial charge in [-0.3, -0.25) is 4.79 Å². The highest BCUT2D eigenvalue weighted by Crippen LogP contribution is 2.26. The van der Waals surface area contributed by atoms with Crippen molar-refractivity contribution < 1.29 is 4.79 Å². The molecule has 0 radical (unpaired) electrons. The van der Waals surface area contributed by atoms with Crippen LogP contribution in [0.2, 0.25) is 0 Å². The minimum atomic E-state index is -0.125. The van der Waals surface area contributed by atoms with Crippen molar-refractivity contribution in [3.05, 3.63) is 54.4 Å². The summed E-state index contributed by atoms with van der Waals surface area (Å²) in [6.45, 7) is 5.58. The van der Waals surface area contributed by atoms with E-state index in [0.717, 1.165) is 55.4 Å². The number of aromatic nitrogens is 4. The first kappa shape index (κ1) is 22.3. The molecule has 1 amide bonds. The van der Waals surface area contributed by atoms with Crippen molar-refractivity contribution in [2.75, 3.05) is 41.3 Å². The first-order valence-electron chi connectivity index (χ1n) is 12.2. The second-order valence-electron chi connectivity index (χ2n) is 9.18. The molecule has 5 rings (SSSR count). The largest absolute Gasteiger partial charge is 0.356 e. The number of carbonyl (C=O) groups excluding carboxylic acids is 1. The van der Waals surface area contributed by atoms with Crippen molar-refractivity contribution in [3.63, 3.8) is 0 Å². The van der Waals surface area contributed by atoms with Crippen LogP contribution in [-0.2, 0) is 4.79 Å². The molecule has 1 aromatic carbocycles.